The summed E-state index contributed by atoms with van der Waals surface area (Å²) in [5.41, 5.74) is 5.01. The van der Waals surface area contributed by atoms with Gasteiger partial charge in [-0.05, 0) is 47.6 Å². The summed E-state index contributed by atoms with van der Waals surface area (Å²) in [6.45, 7) is 1.80. The van der Waals surface area contributed by atoms with Gasteiger partial charge in [-0.25, -0.2) is 9.78 Å². The Bertz CT molecular complexity index is 1650. The Hall–Kier alpha value is -4.10. The Morgan fingerprint density at radius 1 is 1.00 bits per heavy atom. The number of aryl methyl sites for hydroxylation is 1. The predicted molar refractivity (Wildman–Crippen MR) is 147 cm³/mol. The van der Waals surface area contributed by atoms with Crippen molar-refractivity contribution < 1.29 is 14.3 Å². The van der Waals surface area contributed by atoms with E-state index < -0.39 is 11.9 Å². The van der Waals surface area contributed by atoms with Gasteiger partial charge in [0.05, 0.1) is 16.8 Å². The lowest BCUT2D eigenvalue weighted by Gasteiger charge is -2.24. The number of rotatable bonds is 5. The summed E-state index contributed by atoms with van der Waals surface area (Å²) in [4.78, 5) is 35.3. The number of nitrogens with zero attached hydrogens (tertiary/aromatic N) is 2. The number of carbonyl (C=O) groups excluding carboxylic acids is 2. The molecule has 0 fully saturated rings. The summed E-state index contributed by atoms with van der Waals surface area (Å²) in [5.74, 6) is -0.450. The highest BCUT2D eigenvalue weighted by Gasteiger charge is 2.26. The molecule has 7 heteroatoms. The minimum Gasteiger partial charge on any atom is -0.452 e. The number of fused-ring (bicyclic) bond motifs is 3. The third kappa shape index (κ3) is 4.58. The number of esters is 1. The van der Waals surface area contributed by atoms with E-state index >= 15 is 0 Å². The van der Waals surface area contributed by atoms with E-state index in [1.54, 1.807) is 0 Å². The number of nitrogens with one attached hydrogen (secondary N) is 1. The van der Waals surface area contributed by atoms with Crippen molar-refractivity contribution >= 4 is 50.0 Å². The highest BCUT2D eigenvalue weighted by atomic mass is 32.1. The van der Waals surface area contributed by atoms with Crippen LogP contribution in [-0.2, 0) is 22.4 Å². The first-order valence-electron chi connectivity index (χ1n) is 12.4. The summed E-state index contributed by atoms with van der Waals surface area (Å²) in [6, 6.07) is 21.8. The van der Waals surface area contributed by atoms with Crippen LogP contribution in [0.4, 0.5) is 5.13 Å². The number of hydrogen-bond acceptors (Lipinski definition) is 6. The Kier molecular flexibility index (Phi) is 6.14. The molecule has 3 aromatic carbocycles. The summed E-state index contributed by atoms with van der Waals surface area (Å²) in [5, 5.41) is 8.15. The molecule has 0 saturated carbocycles. The normalized spacial score (nSPS) is 14.9. The fraction of sp³-hybridized carbons (Fsp3) is 0.200. The minimum absolute atomic E-state index is 0.386. The van der Waals surface area contributed by atoms with Gasteiger partial charge in [-0.1, -0.05) is 67.6 Å². The van der Waals surface area contributed by atoms with E-state index in [4.69, 9.17) is 9.72 Å². The highest BCUT2D eigenvalue weighted by molar-refractivity contribution is 7.14. The molecule has 1 atom stereocenters. The van der Waals surface area contributed by atoms with Crippen molar-refractivity contribution in [3.63, 3.8) is 0 Å². The molecule has 0 saturated heterocycles. The third-order valence-corrected chi connectivity index (χ3v) is 7.62. The van der Waals surface area contributed by atoms with E-state index in [2.05, 4.69) is 35.4 Å². The summed E-state index contributed by atoms with van der Waals surface area (Å²) < 4.78 is 5.52. The first kappa shape index (κ1) is 23.3. The Labute approximate surface area is 218 Å². The van der Waals surface area contributed by atoms with Crippen molar-refractivity contribution in [1.29, 1.82) is 0 Å². The van der Waals surface area contributed by atoms with Gasteiger partial charge in [0.15, 0.2) is 11.7 Å². The van der Waals surface area contributed by atoms with Crippen molar-refractivity contribution in [2.45, 2.75) is 26.2 Å². The second-order valence-corrected chi connectivity index (χ2v) is 10.3. The van der Waals surface area contributed by atoms with Crippen molar-refractivity contribution in [2.75, 3.05) is 11.9 Å². The number of thiazole rings is 1. The quantitative estimate of drug-likeness (QED) is 0.277. The second kappa shape index (κ2) is 9.75. The molecule has 2 heterocycles. The minimum atomic E-state index is -0.491. The standard InChI is InChI=1S/C30H25N3O3S/c1-18-13-14-25-23(15-18)28(22-10-4-5-12-24(22)31-25)29(35)36-16-27(34)33-30-32-26(17-37-30)21-11-6-8-19-7-2-3-9-20(19)21/h2-12,17-18H,13-16H2,1H3,(H,32,33,34). The van der Waals surface area contributed by atoms with E-state index in [0.29, 0.717) is 16.6 Å². The van der Waals surface area contributed by atoms with Gasteiger partial charge >= 0.3 is 5.97 Å². The van der Waals surface area contributed by atoms with Gasteiger partial charge in [0.2, 0.25) is 0 Å². The van der Waals surface area contributed by atoms with Crippen LogP contribution in [0.2, 0.25) is 0 Å². The van der Waals surface area contributed by atoms with Gasteiger partial charge in [-0.15, -0.1) is 11.3 Å². The average Bonchev–Trinajstić information content (AvgIpc) is 3.38. The number of para-hydroxylation sites is 1. The maximum atomic E-state index is 13.3. The molecule has 0 bridgehead atoms. The predicted octanol–water partition coefficient (Wildman–Crippen LogP) is 6.43. The van der Waals surface area contributed by atoms with E-state index in [-0.39, 0.29) is 6.61 Å². The molecular weight excluding hydrogens is 482 g/mol. The summed E-state index contributed by atoms with van der Waals surface area (Å²) in [6.07, 6.45) is 2.66. The zero-order valence-corrected chi connectivity index (χ0v) is 21.2. The van der Waals surface area contributed by atoms with Crippen molar-refractivity contribution in [1.82, 2.24) is 9.97 Å². The molecule has 0 radical (unpaired) electrons. The lowest BCUT2D eigenvalue weighted by Crippen LogP contribution is -2.23. The smallest absolute Gasteiger partial charge is 0.339 e. The molecule has 1 aliphatic carbocycles. The molecule has 5 aromatic rings. The number of benzene rings is 3. The Morgan fingerprint density at radius 2 is 1.78 bits per heavy atom. The van der Waals surface area contributed by atoms with Gasteiger partial charge in [0.1, 0.15) is 0 Å². The maximum Gasteiger partial charge on any atom is 0.339 e. The van der Waals surface area contributed by atoms with Crippen molar-refractivity contribution in [3.8, 4) is 11.3 Å². The lowest BCUT2D eigenvalue weighted by molar-refractivity contribution is -0.119. The molecule has 0 aliphatic heterocycles. The molecule has 1 aliphatic rings. The molecule has 6 nitrogen and oxygen atoms in total. The van der Waals surface area contributed by atoms with Crippen LogP contribution in [0, 0.1) is 5.92 Å². The molecule has 2 aromatic heterocycles. The first-order chi connectivity index (χ1) is 18.1. The summed E-state index contributed by atoms with van der Waals surface area (Å²) >= 11 is 1.34. The topological polar surface area (TPSA) is 81.2 Å². The molecule has 0 spiro atoms. The lowest BCUT2D eigenvalue weighted by atomic mass is 9.84. The highest BCUT2D eigenvalue weighted by Crippen LogP contribution is 2.33. The van der Waals surface area contributed by atoms with E-state index in [1.807, 2.05) is 53.9 Å². The Balaban J connectivity index is 1.18. The fourth-order valence-electron chi connectivity index (χ4n) is 5.06. The largest absolute Gasteiger partial charge is 0.452 e. The van der Waals surface area contributed by atoms with Gasteiger partial charge < -0.3 is 4.74 Å². The van der Waals surface area contributed by atoms with Gasteiger partial charge in [0.25, 0.3) is 5.91 Å². The molecule has 6 rings (SSSR count). The summed E-state index contributed by atoms with van der Waals surface area (Å²) in [7, 11) is 0. The van der Waals surface area contributed by atoms with Gasteiger partial charge in [-0.3, -0.25) is 15.1 Å². The SMILES string of the molecule is CC1CCc2nc3ccccc3c(C(=O)OCC(=O)Nc3nc(-c4cccc5ccccc45)cs3)c2C1. The van der Waals surface area contributed by atoms with Gasteiger partial charge in [0, 0.05) is 22.0 Å². The molecule has 184 valence electrons. The third-order valence-electron chi connectivity index (χ3n) is 6.86. The number of hydrogen-bond donors (Lipinski definition) is 1. The first-order valence-corrected chi connectivity index (χ1v) is 13.3. The van der Waals surface area contributed by atoms with Crippen molar-refractivity contribution in [3.05, 3.63) is 88.9 Å². The number of ether oxygens (including phenoxy) is 1. The second-order valence-electron chi connectivity index (χ2n) is 9.47. The monoisotopic (exact) mass is 507 g/mol. The number of aromatic nitrogens is 2. The fourth-order valence-corrected chi connectivity index (χ4v) is 5.78. The molecule has 1 unspecified atom stereocenters. The molecule has 1 amide bonds. The number of pyridine rings is 1. The van der Waals surface area contributed by atoms with Crippen LogP contribution in [0.1, 0.15) is 35.0 Å². The molecular formula is C30H25N3O3S. The Morgan fingerprint density at radius 3 is 2.68 bits per heavy atom. The number of carbonyl (C=O) groups is 2. The van der Waals surface area contributed by atoms with Crippen LogP contribution in [0.5, 0.6) is 0 Å². The van der Waals surface area contributed by atoms with Gasteiger partial charge in [-0.2, -0.15) is 0 Å². The average molecular weight is 508 g/mol. The maximum absolute atomic E-state index is 13.3. The van der Waals surface area contributed by atoms with Crippen LogP contribution >= 0.6 is 11.3 Å². The molecule has 37 heavy (non-hydrogen) atoms. The van der Waals surface area contributed by atoms with Crippen LogP contribution in [0.15, 0.2) is 72.1 Å². The number of anilines is 1. The zero-order valence-electron chi connectivity index (χ0n) is 20.4. The van der Waals surface area contributed by atoms with Crippen molar-refractivity contribution in [2.24, 2.45) is 5.92 Å². The zero-order chi connectivity index (χ0) is 25.4. The van der Waals surface area contributed by atoms with Crippen LogP contribution in [0.25, 0.3) is 32.9 Å². The molecule has 1 N–H and O–H groups in total. The van der Waals surface area contributed by atoms with Crippen LogP contribution in [0.3, 0.4) is 0 Å². The van der Waals surface area contributed by atoms with E-state index in [1.165, 1.54) is 11.3 Å². The number of amides is 1. The van der Waals surface area contributed by atoms with E-state index in [0.717, 1.165) is 63.5 Å². The van der Waals surface area contributed by atoms with Crippen LogP contribution in [-0.4, -0.2) is 28.5 Å². The van der Waals surface area contributed by atoms with Crippen LogP contribution < -0.4 is 5.32 Å². The van der Waals surface area contributed by atoms with E-state index in [9.17, 15) is 9.59 Å².